The molecule has 0 N–H and O–H groups in total. The van der Waals surface area contributed by atoms with E-state index in [1.165, 1.54) is 9.80 Å². The third-order valence-electron chi connectivity index (χ3n) is 2.27. The number of hydrogen-bond acceptors (Lipinski definition) is 8. The van der Waals surface area contributed by atoms with Crippen LogP contribution in [-0.4, -0.2) is 66.5 Å². The van der Waals surface area contributed by atoms with E-state index in [-0.39, 0.29) is 47.7 Å². The summed E-state index contributed by atoms with van der Waals surface area (Å²) in [7, 11) is 0. The molecule has 0 aromatic heterocycles. The number of esters is 4. The summed E-state index contributed by atoms with van der Waals surface area (Å²) in [5.74, 6) is -2.53. The fraction of sp³-hybridized carbons (Fsp3) is 0.636. The van der Waals surface area contributed by atoms with Crippen LogP contribution in [-0.2, 0) is 28.7 Å². The molecule has 0 atom stereocenters. The average molecular weight is 274 g/mol. The molecular weight excluding hydrogens is 256 g/mol. The summed E-state index contributed by atoms with van der Waals surface area (Å²) < 4.78 is 8.70. The van der Waals surface area contributed by atoms with Gasteiger partial charge in [0, 0.05) is 0 Å². The molecule has 19 heavy (non-hydrogen) atoms. The van der Waals surface area contributed by atoms with Gasteiger partial charge in [0.1, 0.15) is 0 Å². The Labute approximate surface area is 111 Å². The lowest BCUT2D eigenvalue weighted by Gasteiger charge is -2.31. The number of hydrogen-bond donors (Lipinski definition) is 0. The van der Waals surface area contributed by atoms with E-state index >= 15 is 0 Å². The Bertz CT molecular complexity index is 327. The third-order valence-corrected chi connectivity index (χ3v) is 2.27. The molecule has 2 saturated heterocycles. The van der Waals surface area contributed by atoms with E-state index in [1.54, 1.807) is 0 Å². The minimum absolute atomic E-state index is 0. The van der Waals surface area contributed by atoms with Gasteiger partial charge < -0.3 is 9.47 Å². The predicted molar refractivity (Wildman–Crippen MR) is 63.7 cm³/mol. The van der Waals surface area contributed by atoms with Crippen molar-refractivity contribution in [1.29, 1.82) is 0 Å². The molecule has 0 unspecified atom stereocenters. The van der Waals surface area contributed by atoms with E-state index in [4.69, 9.17) is 0 Å². The zero-order chi connectivity index (χ0) is 12.4. The highest BCUT2D eigenvalue weighted by molar-refractivity contribution is 5.91. The van der Waals surface area contributed by atoms with Crippen LogP contribution in [0, 0.1) is 0 Å². The van der Waals surface area contributed by atoms with Crippen molar-refractivity contribution in [1.82, 2.24) is 9.80 Å². The van der Waals surface area contributed by atoms with Crippen LogP contribution in [0.2, 0.25) is 0 Å². The highest BCUT2D eigenvalue weighted by atomic mass is 16.6. The van der Waals surface area contributed by atoms with E-state index < -0.39 is 23.9 Å². The molecule has 2 rings (SSSR count). The molecule has 2 aliphatic heterocycles. The molecule has 0 spiro atoms. The van der Waals surface area contributed by atoms with Gasteiger partial charge in [0.25, 0.3) is 0 Å². The van der Waals surface area contributed by atoms with Gasteiger partial charge in [-0.05, 0) is 0 Å². The number of morpholine rings is 2. The van der Waals surface area contributed by atoms with Crippen molar-refractivity contribution in [2.75, 3.05) is 32.8 Å². The highest BCUT2D eigenvalue weighted by Gasteiger charge is 2.30. The second-order valence-corrected chi connectivity index (χ2v) is 3.81. The van der Waals surface area contributed by atoms with Crippen LogP contribution in [0.1, 0.15) is 14.9 Å². The van der Waals surface area contributed by atoms with E-state index in [0.29, 0.717) is 0 Å². The van der Waals surface area contributed by atoms with Gasteiger partial charge in [-0.15, -0.1) is 0 Å². The Morgan fingerprint density at radius 2 is 0.947 bits per heavy atom. The second-order valence-electron chi connectivity index (χ2n) is 3.81. The Balaban J connectivity index is 0.00000162. The molecule has 0 aromatic carbocycles. The van der Waals surface area contributed by atoms with Crippen LogP contribution < -0.4 is 0 Å². The minimum atomic E-state index is -0.632. The fourth-order valence-electron chi connectivity index (χ4n) is 1.71. The lowest BCUT2D eigenvalue weighted by molar-refractivity contribution is -0.170. The summed E-state index contributed by atoms with van der Waals surface area (Å²) in [5.41, 5.74) is 0. The van der Waals surface area contributed by atoms with Crippen molar-refractivity contribution < 1.29 is 28.7 Å². The van der Waals surface area contributed by atoms with Gasteiger partial charge in [0.2, 0.25) is 0 Å². The topological polar surface area (TPSA) is 93.2 Å². The monoisotopic (exact) mass is 274 g/mol. The molecule has 0 bridgehead atoms. The second kappa shape index (κ2) is 6.95. The van der Waals surface area contributed by atoms with E-state index in [9.17, 15) is 19.2 Å². The maximum atomic E-state index is 11.0. The number of carbonyl (C=O) groups excluding carboxylic acids is 4. The Morgan fingerprint density at radius 3 is 1.21 bits per heavy atom. The summed E-state index contributed by atoms with van der Waals surface area (Å²) in [6, 6.07) is 0. The van der Waals surface area contributed by atoms with Crippen LogP contribution in [0.15, 0.2) is 0 Å². The Kier molecular flexibility index (Phi) is 6.30. The minimum Gasteiger partial charge on any atom is -0.391 e. The van der Waals surface area contributed by atoms with Crippen molar-refractivity contribution in [3.8, 4) is 0 Å². The summed E-state index contributed by atoms with van der Waals surface area (Å²) in [6.45, 7) is 0.0234. The van der Waals surface area contributed by atoms with Crippen LogP contribution in [0.4, 0.5) is 0 Å². The molecule has 8 heteroatoms. The van der Waals surface area contributed by atoms with Crippen LogP contribution in [0.3, 0.4) is 0 Å². The molecule has 108 valence electrons. The van der Waals surface area contributed by atoms with E-state index in [2.05, 4.69) is 9.47 Å². The molecular formula is C11H18N2O6. The number of nitrogens with zero attached hydrogens (tertiary/aromatic N) is 2. The first kappa shape index (κ1) is 17.2. The normalized spacial score (nSPS) is 21.1. The van der Waals surface area contributed by atoms with Gasteiger partial charge in [-0.1, -0.05) is 14.9 Å². The fourth-order valence-corrected chi connectivity index (χ4v) is 1.71. The lowest BCUT2D eigenvalue weighted by atomic mass is 10.4. The summed E-state index contributed by atoms with van der Waals surface area (Å²) in [6.07, 6.45) is 0. The van der Waals surface area contributed by atoms with Crippen molar-refractivity contribution in [2.45, 2.75) is 14.9 Å². The van der Waals surface area contributed by atoms with Gasteiger partial charge in [-0.25, -0.2) is 0 Å². The van der Waals surface area contributed by atoms with E-state index in [0.717, 1.165) is 0 Å². The van der Waals surface area contributed by atoms with Gasteiger partial charge in [0.05, 0.1) is 32.8 Å². The summed E-state index contributed by atoms with van der Waals surface area (Å²) in [4.78, 5) is 47.0. The average Bonchev–Trinajstić information content (AvgIpc) is 2.13. The van der Waals surface area contributed by atoms with Gasteiger partial charge >= 0.3 is 23.9 Å². The first-order valence-electron chi connectivity index (χ1n) is 4.94. The largest absolute Gasteiger partial charge is 0.391 e. The predicted octanol–water partition coefficient (Wildman–Crippen LogP) is -1.01. The Hall–Kier alpha value is -1.80. The maximum absolute atomic E-state index is 11.0. The molecule has 2 aliphatic rings. The summed E-state index contributed by atoms with van der Waals surface area (Å²) >= 11 is 0. The van der Waals surface area contributed by atoms with Gasteiger partial charge in [0.15, 0.2) is 0 Å². The van der Waals surface area contributed by atoms with Crippen molar-refractivity contribution in [3.63, 3.8) is 0 Å². The number of carbonyl (C=O) groups is 4. The third kappa shape index (κ3) is 4.76. The molecule has 2 fully saturated rings. The molecule has 0 radical (unpaired) electrons. The molecule has 0 aromatic rings. The molecule has 8 nitrogen and oxygen atoms in total. The van der Waals surface area contributed by atoms with E-state index in [1.807, 2.05) is 0 Å². The Morgan fingerprint density at radius 1 is 0.684 bits per heavy atom. The smallest absolute Gasteiger partial charge is 0.327 e. The van der Waals surface area contributed by atoms with Crippen molar-refractivity contribution in [2.24, 2.45) is 0 Å². The molecule has 0 aliphatic carbocycles. The first-order valence-corrected chi connectivity index (χ1v) is 4.94. The van der Waals surface area contributed by atoms with Crippen LogP contribution in [0.5, 0.6) is 0 Å². The SMILES string of the molecule is C.C.O=C1CN(CN2CC(=O)OC(=O)C2)CC(=O)O1. The van der Waals surface area contributed by atoms with Gasteiger partial charge in [-0.3, -0.25) is 29.0 Å². The van der Waals surface area contributed by atoms with Crippen molar-refractivity contribution >= 4 is 23.9 Å². The maximum Gasteiger partial charge on any atom is 0.327 e. The molecule has 0 saturated carbocycles. The quantitative estimate of drug-likeness (QED) is 0.467. The van der Waals surface area contributed by atoms with Gasteiger partial charge in [-0.2, -0.15) is 0 Å². The molecule has 0 amide bonds. The highest BCUT2D eigenvalue weighted by Crippen LogP contribution is 2.05. The van der Waals surface area contributed by atoms with Crippen molar-refractivity contribution in [3.05, 3.63) is 0 Å². The lowest BCUT2D eigenvalue weighted by Crippen LogP contribution is -2.52. The number of rotatable bonds is 2. The zero-order valence-corrected chi connectivity index (χ0v) is 8.88. The number of ether oxygens (including phenoxy) is 2. The summed E-state index contributed by atoms with van der Waals surface area (Å²) in [5, 5.41) is 0. The zero-order valence-electron chi connectivity index (χ0n) is 8.88. The number of cyclic esters (lactones) is 4. The van der Waals surface area contributed by atoms with Crippen LogP contribution >= 0.6 is 0 Å². The standard InChI is InChI=1S/C9H10N2O6.2CH4/c12-6-1-10(2-7(13)16-6)5-11-3-8(14)17-9(15)4-11;;/h1-5H2;2*1H4. The van der Waals surface area contributed by atoms with Crippen LogP contribution in [0.25, 0.3) is 0 Å². The molecule has 2 heterocycles. The first-order chi connectivity index (χ1) is 8.02.